The number of hydrogen-bond donors (Lipinski definition) is 1. The van der Waals surface area contributed by atoms with Crippen molar-refractivity contribution in [2.24, 2.45) is 0 Å². The molecule has 1 amide bonds. The van der Waals surface area contributed by atoms with Crippen LogP contribution in [0.2, 0.25) is 0 Å². The standard InChI is InChI=1S/C13H15BrFNO2/c1-18-10-4-3-9(7-10)16-13(17)11-5-2-8(14)6-12(11)15/h2,5-6,9-10H,3-4,7H2,1H3,(H,16,17). The number of benzene rings is 1. The van der Waals surface area contributed by atoms with Crippen LogP contribution in [0.4, 0.5) is 4.39 Å². The first-order valence-electron chi connectivity index (χ1n) is 5.89. The van der Waals surface area contributed by atoms with Gasteiger partial charge in [0, 0.05) is 17.6 Å². The number of ether oxygens (including phenoxy) is 1. The van der Waals surface area contributed by atoms with Crippen molar-refractivity contribution >= 4 is 21.8 Å². The largest absolute Gasteiger partial charge is 0.381 e. The molecule has 18 heavy (non-hydrogen) atoms. The molecule has 0 aromatic heterocycles. The van der Waals surface area contributed by atoms with Crippen molar-refractivity contribution in [2.75, 3.05) is 7.11 Å². The molecule has 2 atom stereocenters. The number of hydrogen-bond acceptors (Lipinski definition) is 2. The Hall–Kier alpha value is -0.940. The van der Waals surface area contributed by atoms with E-state index in [2.05, 4.69) is 21.2 Å². The number of halogens is 2. The molecule has 1 N–H and O–H groups in total. The quantitative estimate of drug-likeness (QED) is 0.931. The molecule has 3 nitrogen and oxygen atoms in total. The summed E-state index contributed by atoms with van der Waals surface area (Å²) >= 11 is 3.16. The first kappa shape index (κ1) is 13.5. The lowest BCUT2D eigenvalue weighted by molar-refractivity contribution is 0.0911. The highest BCUT2D eigenvalue weighted by Crippen LogP contribution is 2.22. The summed E-state index contributed by atoms with van der Waals surface area (Å²) in [6.07, 6.45) is 2.80. The lowest BCUT2D eigenvalue weighted by Gasteiger charge is -2.13. The van der Waals surface area contributed by atoms with Crippen molar-refractivity contribution in [3.05, 3.63) is 34.1 Å². The molecule has 5 heteroatoms. The second-order valence-corrected chi connectivity index (χ2v) is 5.38. The summed E-state index contributed by atoms with van der Waals surface area (Å²) in [5.41, 5.74) is 0.0825. The Bertz CT molecular complexity index is 453. The topological polar surface area (TPSA) is 38.3 Å². The summed E-state index contributed by atoms with van der Waals surface area (Å²) in [7, 11) is 1.67. The van der Waals surface area contributed by atoms with Crippen LogP contribution < -0.4 is 5.32 Å². The smallest absolute Gasteiger partial charge is 0.254 e. The molecule has 0 bridgehead atoms. The second-order valence-electron chi connectivity index (χ2n) is 4.47. The highest BCUT2D eigenvalue weighted by Gasteiger charge is 2.26. The van der Waals surface area contributed by atoms with Gasteiger partial charge in [0.1, 0.15) is 5.82 Å². The lowest BCUT2D eigenvalue weighted by atomic mass is 10.1. The molecule has 0 saturated heterocycles. The van der Waals surface area contributed by atoms with Gasteiger partial charge in [-0.15, -0.1) is 0 Å². The number of amides is 1. The number of nitrogens with one attached hydrogen (secondary N) is 1. The number of carbonyl (C=O) groups is 1. The van der Waals surface area contributed by atoms with Crippen molar-refractivity contribution < 1.29 is 13.9 Å². The Kier molecular flexibility index (Phi) is 4.35. The second kappa shape index (κ2) is 5.80. The highest BCUT2D eigenvalue weighted by atomic mass is 79.9. The Labute approximate surface area is 114 Å². The molecule has 1 aromatic carbocycles. The minimum absolute atomic E-state index is 0.0745. The summed E-state index contributed by atoms with van der Waals surface area (Å²) in [5.74, 6) is -0.870. The lowest BCUT2D eigenvalue weighted by Crippen LogP contribution is -2.33. The third-order valence-corrected chi connectivity index (χ3v) is 3.72. The monoisotopic (exact) mass is 315 g/mol. The summed E-state index contributed by atoms with van der Waals surface area (Å²) in [6.45, 7) is 0. The van der Waals surface area contributed by atoms with E-state index in [4.69, 9.17) is 4.74 Å². The van der Waals surface area contributed by atoms with E-state index >= 15 is 0 Å². The average molecular weight is 316 g/mol. The van der Waals surface area contributed by atoms with E-state index in [1.807, 2.05) is 0 Å². The summed E-state index contributed by atoms with van der Waals surface area (Å²) in [6, 6.07) is 4.51. The fourth-order valence-corrected chi connectivity index (χ4v) is 2.56. The predicted molar refractivity (Wildman–Crippen MR) is 70.0 cm³/mol. The van der Waals surface area contributed by atoms with Gasteiger partial charge >= 0.3 is 0 Å². The molecular formula is C13H15BrFNO2. The Morgan fingerprint density at radius 2 is 2.28 bits per heavy atom. The fraction of sp³-hybridized carbons (Fsp3) is 0.462. The van der Waals surface area contributed by atoms with Crippen molar-refractivity contribution in [2.45, 2.75) is 31.4 Å². The molecule has 1 fully saturated rings. The third kappa shape index (κ3) is 3.09. The van der Waals surface area contributed by atoms with Gasteiger partial charge in [-0.3, -0.25) is 4.79 Å². The third-order valence-electron chi connectivity index (χ3n) is 3.23. The van der Waals surface area contributed by atoms with E-state index in [0.29, 0.717) is 4.47 Å². The van der Waals surface area contributed by atoms with Gasteiger partial charge in [-0.1, -0.05) is 15.9 Å². The zero-order chi connectivity index (χ0) is 13.1. The van der Waals surface area contributed by atoms with Crippen LogP contribution in [0.1, 0.15) is 29.6 Å². The van der Waals surface area contributed by atoms with Crippen LogP contribution in [-0.2, 0) is 4.74 Å². The molecule has 1 aromatic rings. The van der Waals surface area contributed by atoms with Gasteiger partial charge in [0.2, 0.25) is 0 Å². The Balaban J connectivity index is 2.00. The van der Waals surface area contributed by atoms with Gasteiger partial charge in [0.15, 0.2) is 0 Å². The van der Waals surface area contributed by atoms with Gasteiger partial charge < -0.3 is 10.1 Å². The SMILES string of the molecule is COC1CCC(NC(=O)c2ccc(Br)cc2F)C1. The molecule has 1 saturated carbocycles. The Morgan fingerprint density at radius 1 is 1.50 bits per heavy atom. The first-order chi connectivity index (χ1) is 8.60. The molecule has 2 rings (SSSR count). The van der Waals surface area contributed by atoms with Gasteiger partial charge in [0.25, 0.3) is 5.91 Å². The van der Waals surface area contributed by atoms with E-state index in [9.17, 15) is 9.18 Å². The molecule has 0 heterocycles. The molecular weight excluding hydrogens is 301 g/mol. The first-order valence-corrected chi connectivity index (χ1v) is 6.68. The fourth-order valence-electron chi connectivity index (χ4n) is 2.22. The van der Waals surface area contributed by atoms with Gasteiger partial charge in [-0.25, -0.2) is 4.39 Å². The molecule has 0 aliphatic heterocycles. The maximum atomic E-state index is 13.6. The number of rotatable bonds is 3. The zero-order valence-electron chi connectivity index (χ0n) is 10.1. The van der Waals surface area contributed by atoms with Gasteiger partial charge in [0.05, 0.1) is 11.7 Å². The molecule has 98 valence electrons. The molecule has 2 unspecified atom stereocenters. The molecule has 0 radical (unpaired) electrons. The summed E-state index contributed by atoms with van der Waals surface area (Å²) in [4.78, 5) is 11.9. The normalized spacial score (nSPS) is 23.1. The number of carbonyl (C=O) groups excluding carboxylic acids is 1. The van der Waals surface area contributed by atoms with Crippen LogP contribution in [-0.4, -0.2) is 25.2 Å². The van der Waals surface area contributed by atoms with Crippen LogP contribution in [0.25, 0.3) is 0 Å². The maximum Gasteiger partial charge on any atom is 0.254 e. The van der Waals surface area contributed by atoms with E-state index in [1.54, 1.807) is 13.2 Å². The van der Waals surface area contributed by atoms with E-state index in [1.165, 1.54) is 12.1 Å². The van der Waals surface area contributed by atoms with Crippen LogP contribution in [0.3, 0.4) is 0 Å². The van der Waals surface area contributed by atoms with Crippen LogP contribution in [0.5, 0.6) is 0 Å². The zero-order valence-corrected chi connectivity index (χ0v) is 11.7. The van der Waals surface area contributed by atoms with Crippen molar-refractivity contribution in [1.82, 2.24) is 5.32 Å². The summed E-state index contributed by atoms with van der Waals surface area (Å²) < 4.78 is 19.5. The minimum Gasteiger partial charge on any atom is -0.381 e. The van der Waals surface area contributed by atoms with Gasteiger partial charge in [-0.05, 0) is 37.5 Å². The van der Waals surface area contributed by atoms with Crippen molar-refractivity contribution in [3.63, 3.8) is 0 Å². The van der Waals surface area contributed by atoms with Crippen LogP contribution in [0.15, 0.2) is 22.7 Å². The van der Waals surface area contributed by atoms with Crippen LogP contribution in [0, 0.1) is 5.82 Å². The summed E-state index contributed by atoms with van der Waals surface area (Å²) in [5, 5.41) is 2.85. The molecule has 1 aliphatic carbocycles. The van der Waals surface area contributed by atoms with E-state index in [-0.39, 0.29) is 23.6 Å². The van der Waals surface area contributed by atoms with Crippen LogP contribution >= 0.6 is 15.9 Å². The average Bonchev–Trinajstić information content (AvgIpc) is 2.76. The minimum atomic E-state index is -0.511. The van der Waals surface area contributed by atoms with Crippen molar-refractivity contribution in [3.8, 4) is 0 Å². The maximum absolute atomic E-state index is 13.6. The number of methoxy groups -OCH3 is 1. The van der Waals surface area contributed by atoms with E-state index < -0.39 is 5.82 Å². The Morgan fingerprint density at radius 3 is 2.89 bits per heavy atom. The van der Waals surface area contributed by atoms with Gasteiger partial charge in [-0.2, -0.15) is 0 Å². The molecule has 0 spiro atoms. The van der Waals surface area contributed by atoms with Crippen molar-refractivity contribution in [1.29, 1.82) is 0 Å². The predicted octanol–water partition coefficient (Wildman–Crippen LogP) is 2.89. The highest BCUT2D eigenvalue weighted by molar-refractivity contribution is 9.10. The van der Waals surface area contributed by atoms with E-state index in [0.717, 1.165) is 19.3 Å². The molecule has 1 aliphatic rings.